The van der Waals surface area contributed by atoms with Gasteiger partial charge in [0, 0.05) is 39.4 Å². The molecule has 0 aliphatic carbocycles. The highest BCUT2D eigenvalue weighted by Crippen LogP contribution is 2.15. The molecule has 0 spiro atoms. The Bertz CT molecular complexity index is 357. The van der Waals surface area contributed by atoms with E-state index in [0.717, 1.165) is 12.1 Å². The molecule has 21 heavy (non-hydrogen) atoms. The second kappa shape index (κ2) is 11.5. The van der Waals surface area contributed by atoms with Gasteiger partial charge in [-0.15, -0.1) is 0 Å². The van der Waals surface area contributed by atoms with Crippen LogP contribution in [0.4, 0.5) is 4.79 Å². The van der Waals surface area contributed by atoms with Crippen molar-refractivity contribution in [2.45, 2.75) is 13.3 Å². The van der Waals surface area contributed by atoms with E-state index in [-0.39, 0.29) is 12.4 Å². The Hall–Kier alpha value is -1.10. The second-order valence-corrected chi connectivity index (χ2v) is 5.69. The summed E-state index contributed by atoms with van der Waals surface area (Å²) in [5.74, 6) is -0.318. The number of esters is 1. The molecule has 0 saturated carbocycles. The minimum atomic E-state index is -0.607. The van der Waals surface area contributed by atoms with E-state index >= 15 is 0 Å². The van der Waals surface area contributed by atoms with Gasteiger partial charge >= 0.3 is 12.1 Å². The molecule has 0 saturated heterocycles. The smallest absolute Gasteiger partial charge is 0.444 e. The highest BCUT2D eigenvalue weighted by Gasteiger charge is 2.17. The summed E-state index contributed by atoms with van der Waals surface area (Å²) in [5, 5.41) is 0. The molecule has 0 rings (SSSR count). The Labute approximate surface area is 134 Å². The van der Waals surface area contributed by atoms with Crippen LogP contribution in [0.1, 0.15) is 13.3 Å². The summed E-state index contributed by atoms with van der Waals surface area (Å²) in [7, 11) is 4.45. The van der Waals surface area contributed by atoms with E-state index in [4.69, 9.17) is 21.8 Å². The first kappa shape index (κ1) is 19.9. The van der Waals surface area contributed by atoms with Crippen molar-refractivity contribution < 1.29 is 23.9 Å². The molecule has 1 amide bonds. The zero-order chi connectivity index (χ0) is 16.3. The van der Waals surface area contributed by atoms with E-state index in [1.54, 1.807) is 25.4 Å². The maximum absolute atomic E-state index is 11.7. The molecular weight excluding hydrogens is 318 g/mol. The lowest BCUT2D eigenvalue weighted by molar-refractivity contribution is -0.140. The summed E-state index contributed by atoms with van der Waals surface area (Å²) >= 11 is 5.86. The van der Waals surface area contributed by atoms with Crippen LogP contribution in [0.3, 0.4) is 0 Å². The van der Waals surface area contributed by atoms with E-state index in [1.807, 2.05) is 0 Å². The third-order valence-corrected chi connectivity index (χ3v) is 3.19. The molecule has 0 aromatic rings. The van der Waals surface area contributed by atoms with Crippen LogP contribution in [-0.2, 0) is 19.1 Å². The highest BCUT2D eigenvalue weighted by molar-refractivity contribution is 7.95. The van der Waals surface area contributed by atoms with E-state index in [9.17, 15) is 9.59 Å². The van der Waals surface area contributed by atoms with Crippen LogP contribution >= 0.6 is 24.4 Å². The number of hydroxylamine groups is 1. The maximum Gasteiger partial charge on any atom is 0.444 e. The van der Waals surface area contributed by atoms with Crippen LogP contribution in [0.2, 0.25) is 0 Å². The number of carbonyl (C=O) groups excluding carboxylic acids is 2. The summed E-state index contributed by atoms with van der Waals surface area (Å²) in [6.45, 7) is 3.01. The molecule has 10 heteroatoms. The fourth-order valence-corrected chi connectivity index (χ4v) is 1.91. The molecule has 0 fully saturated rings. The van der Waals surface area contributed by atoms with E-state index < -0.39 is 6.09 Å². The van der Waals surface area contributed by atoms with Gasteiger partial charge in [-0.25, -0.2) is 18.9 Å². The number of nitrogens with zero attached hydrogens (tertiary/aromatic N) is 2. The lowest BCUT2D eigenvalue weighted by atomic mass is 10.4. The SMILES string of the molecule is COCCN(CCC(=O)OC)SN(C)C(=O)ONC(C)=S. The molecule has 1 N–H and O–H groups in total. The highest BCUT2D eigenvalue weighted by atomic mass is 32.2. The van der Waals surface area contributed by atoms with Crippen molar-refractivity contribution in [3.05, 3.63) is 0 Å². The van der Waals surface area contributed by atoms with Gasteiger partial charge in [-0.2, -0.15) is 0 Å². The molecule has 122 valence electrons. The standard InChI is InChI=1S/C11H21N3O5S2/c1-9(20)12-19-11(16)13(2)21-14(7-8-17-3)6-5-10(15)18-4/h5-8H2,1-4H3,(H,12,20). The monoisotopic (exact) mass is 339 g/mol. The van der Waals surface area contributed by atoms with Gasteiger partial charge in [0.25, 0.3) is 0 Å². The fourth-order valence-electron chi connectivity index (χ4n) is 1.09. The average Bonchev–Trinajstić information content (AvgIpc) is 2.46. The topological polar surface area (TPSA) is 80.3 Å². The third-order valence-electron chi connectivity index (χ3n) is 2.11. The predicted molar refractivity (Wildman–Crippen MR) is 83.3 cm³/mol. The van der Waals surface area contributed by atoms with Gasteiger partial charge in [0.2, 0.25) is 0 Å². The second-order valence-electron chi connectivity index (χ2n) is 3.85. The van der Waals surface area contributed by atoms with Crippen LogP contribution in [0.15, 0.2) is 0 Å². The number of ether oxygens (including phenoxy) is 2. The molecule has 8 nitrogen and oxygen atoms in total. The van der Waals surface area contributed by atoms with Gasteiger partial charge in [-0.3, -0.25) is 4.79 Å². The normalized spacial score (nSPS) is 10.1. The summed E-state index contributed by atoms with van der Waals surface area (Å²) in [6, 6.07) is 0. The predicted octanol–water partition coefficient (Wildman–Crippen LogP) is 0.981. The first-order valence-electron chi connectivity index (χ1n) is 6.10. The number of rotatable bonds is 8. The van der Waals surface area contributed by atoms with E-state index in [0.29, 0.717) is 24.7 Å². The molecule has 0 bridgehead atoms. The van der Waals surface area contributed by atoms with Crippen LogP contribution in [-0.4, -0.2) is 66.6 Å². The summed E-state index contributed by atoms with van der Waals surface area (Å²) in [4.78, 5) is 27.9. The van der Waals surface area contributed by atoms with Crippen molar-refractivity contribution >= 4 is 41.4 Å². The minimum Gasteiger partial charge on any atom is -0.469 e. The van der Waals surface area contributed by atoms with Gasteiger partial charge < -0.3 is 14.3 Å². The Morgan fingerprint density at radius 1 is 1.29 bits per heavy atom. The summed E-state index contributed by atoms with van der Waals surface area (Å²) in [5.41, 5.74) is 2.31. The fraction of sp³-hybridized carbons (Fsp3) is 0.727. The van der Waals surface area contributed by atoms with Crippen molar-refractivity contribution in [1.29, 1.82) is 0 Å². The van der Waals surface area contributed by atoms with E-state index in [2.05, 4.69) is 10.2 Å². The molecule has 0 heterocycles. The average molecular weight is 339 g/mol. The van der Waals surface area contributed by atoms with Crippen molar-refractivity contribution in [3.8, 4) is 0 Å². The Balaban J connectivity index is 4.31. The minimum absolute atomic E-state index is 0.216. The van der Waals surface area contributed by atoms with Crippen molar-refractivity contribution in [1.82, 2.24) is 14.1 Å². The Morgan fingerprint density at radius 2 is 1.95 bits per heavy atom. The van der Waals surface area contributed by atoms with Crippen LogP contribution < -0.4 is 5.48 Å². The first-order chi connectivity index (χ1) is 9.90. The zero-order valence-corrected chi connectivity index (χ0v) is 14.2. The number of hydrogen-bond donors (Lipinski definition) is 1. The number of thiocarbonyl (C=S) groups is 1. The molecule has 0 aromatic heterocycles. The number of amides is 1. The Morgan fingerprint density at radius 3 is 2.48 bits per heavy atom. The summed E-state index contributed by atoms with van der Waals surface area (Å²) in [6.07, 6.45) is -0.391. The maximum atomic E-state index is 11.7. The number of nitrogens with one attached hydrogen (secondary N) is 1. The molecule has 0 aliphatic heterocycles. The van der Waals surface area contributed by atoms with Gasteiger partial charge in [-0.05, 0) is 6.92 Å². The van der Waals surface area contributed by atoms with Crippen LogP contribution in [0.5, 0.6) is 0 Å². The van der Waals surface area contributed by atoms with Crippen molar-refractivity contribution in [2.75, 3.05) is 41.0 Å². The molecule has 0 radical (unpaired) electrons. The largest absolute Gasteiger partial charge is 0.469 e. The van der Waals surface area contributed by atoms with Gasteiger partial charge in [0.15, 0.2) is 0 Å². The molecular formula is C11H21N3O5S2. The van der Waals surface area contributed by atoms with E-state index in [1.165, 1.54) is 11.4 Å². The van der Waals surface area contributed by atoms with Crippen LogP contribution in [0.25, 0.3) is 0 Å². The van der Waals surface area contributed by atoms with Crippen LogP contribution in [0, 0.1) is 0 Å². The number of hydrogen-bond acceptors (Lipinski definition) is 8. The quantitative estimate of drug-likeness (QED) is 0.301. The molecule has 0 aliphatic rings. The van der Waals surface area contributed by atoms with Crippen molar-refractivity contribution in [3.63, 3.8) is 0 Å². The summed E-state index contributed by atoms with van der Waals surface area (Å²) < 4.78 is 12.7. The van der Waals surface area contributed by atoms with Gasteiger partial charge in [0.1, 0.15) is 4.99 Å². The van der Waals surface area contributed by atoms with Gasteiger partial charge in [0.05, 0.1) is 20.1 Å². The first-order valence-corrected chi connectivity index (χ1v) is 7.24. The van der Waals surface area contributed by atoms with Gasteiger partial charge in [-0.1, -0.05) is 12.2 Å². The lowest BCUT2D eigenvalue weighted by Crippen LogP contribution is -2.34. The zero-order valence-electron chi connectivity index (χ0n) is 12.6. The molecule has 0 unspecified atom stereocenters. The molecule has 0 aromatic carbocycles. The number of carbonyl (C=O) groups is 2. The number of methoxy groups -OCH3 is 2. The lowest BCUT2D eigenvalue weighted by Gasteiger charge is -2.24. The Kier molecular flexibility index (Phi) is 10.9. The third kappa shape index (κ3) is 10.3. The molecule has 0 atom stereocenters. The van der Waals surface area contributed by atoms with Crippen molar-refractivity contribution in [2.24, 2.45) is 0 Å².